The summed E-state index contributed by atoms with van der Waals surface area (Å²) in [5.74, 6) is 2.08. The summed E-state index contributed by atoms with van der Waals surface area (Å²) >= 11 is 6.05. The van der Waals surface area contributed by atoms with E-state index in [0.29, 0.717) is 17.9 Å². The van der Waals surface area contributed by atoms with Crippen LogP contribution < -0.4 is 10.2 Å². The predicted octanol–water partition coefficient (Wildman–Crippen LogP) is 3.75. The molecule has 0 saturated heterocycles. The van der Waals surface area contributed by atoms with Gasteiger partial charge in [-0.1, -0.05) is 26.2 Å². The number of nitrogens with one attached hydrogen (secondary N) is 1. The Morgan fingerprint density at radius 3 is 2.57 bits per heavy atom. The molecule has 1 fully saturated rings. The Labute approximate surface area is 132 Å². The highest BCUT2D eigenvalue weighted by atomic mass is 35.5. The molecule has 1 aliphatic rings. The van der Waals surface area contributed by atoms with Gasteiger partial charge in [0, 0.05) is 19.1 Å². The van der Waals surface area contributed by atoms with Gasteiger partial charge in [-0.05, 0) is 44.2 Å². The highest BCUT2D eigenvalue weighted by Crippen LogP contribution is 2.28. The normalized spacial score (nSPS) is 22.1. The summed E-state index contributed by atoms with van der Waals surface area (Å²) in [6, 6.07) is 0.451. The number of halogens is 1. The third kappa shape index (κ3) is 4.43. The third-order valence-corrected chi connectivity index (χ3v) is 4.51. The Balaban J connectivity index is 2.09. The monoisotopic (exact) mass is 311 g/mol. The lowest BCUT2D eigenvalue weighted by Crippen LogP contribution is -2.29. The molecule has 6 heteroatoms. The minimum atomic E-state index is 0.261. The molecule has 5 nitrogen and oxygen atoms in total. The van der Waals surface area contributed by atoms with Crippen molar-refractivity contribution in [3.05, 3.63) is 5.28 Å². The van der Waals surface area contributed by atoms with Gasteiger partial charge in [0.2, 0.25) is 17.2 Å². The van der Waals surface area contributed by atoms with Gasteiger partial charge in [0.05, 0.1) is 0 Å². The molecule has 21 heavy (non-hydrogen) atoms. The van der Waals surface area contributed by atoms with Gasteiger partial charge >= 0.3 is 0 Å². The average Bonchev–Trinajstić information content (AvgIpc) is 2.48. The molecule has 0 bridgehead atoms. The lowest BCUT2D eigenvalue weighted by Gasteiger charge is -2.29. The van der Waals surface area contributed by atoms with E-state index in [4.69, 9.17) is 11.6 Å². The smallest absolute Gasteiger partial charge is 0.231 e. The molecule has 1 N–H and O–H groups in total. The SMILES string of the molecule is CCC1CCCC(Nc2nc(Cl)nc(N(CC)CC)n2)C1. The van der Waals surface area contributed by atoms with Crippen LogP contribution in [0.4, 0.5) is 11.9 Å². The van der Waals surface area contributed by atoms with E-state index in [9.17, 15) is 0 Å². The molecule has 0 radical (unpaired) electrons. The maximum absolute atomic E-state index is 6.05. The second-order valence-electron chi connectivity index (χ2n) is 5.68. The molecule has 2 unspecified atom stereocenters. The van der Waals surface area contributed by atoms with E-state index in [1.165, 1.54) is 32.1 Å². The number of rotatable bonds is 6. The largest absolute Gasteiger partial charge is 0.351 e. The van der Waals surface area contributed by atoms with Crippen LogP contribution in [0.25, 0.3) is 0 Å². The lowest BCUT2D eigenvalue weighted by molar-refractivity contribution is 0.326. The van der Waals surface area contributed by atoms with E-state index in [-0.39, 0.29) is 5.28 Å². The zero-order chi connectivity index (χ0) is 15.2. The summed E-state index contributed by atoms with van der Waals surface area (Å²) in [5, 5.41) is 3.72. The van der Waals surface area contributed by atoms with Gasteiger partial charge in [0.25, 0.3) is 0 Å². The summed E-state index contributed by atoms with van der Waals surface area (Å²) < 4.78 is 0. The highest BCUT2D eigenvalue weighted by Gasteiger charge is 2.22. The standard InChI is InChI=1S/C15H26ClN5/c1-4-11-8-7-9-12(10-11)17-14-18-13(16)19-15(20-14)21(5-2)6-3/h11-12H,4-10H2,1-3H3,(H,17,18,19,20). The van der Waals surface area contributed by atoms with E-state index in [0.717, 1.165) is 19.0 Å². The van der Waals surface area contributed by atoms with Crippen molar-refractivity contribution >= 4 is 23.5 Å². The van der Waals surface area contributed by atoms with Gasteiger partial charge in [0.1, 0.15) is 0 Å². The van der Waals surface area contributed by atoms with E-state index in [2.05, 4.69) is 45.9 Å². The summed E-state index contributed by atoms with van der Waals surface area (Å²) in [4.78, 5) is 15.1. The molecule has 0 aromatic carbocycles. The van der Waals surface area contributed by atoms with Crippen molar-refractivity contribution in [2.75, 3.05) is 23.3 Å². The van der Waals surface area contributed by atoms with Crippen molar-refractivity contribution in [2.24, 2.45) is 5.92 Å². The molecule has 1 aromatic rings. The van der Waals surface area contributed by atoms with E-state index >= 15 is 0 Å². The quantitative estimate of drug-likeness (QED) is 0.867. The van der Waals surface area contributed by atoms with Crippen molar-refractivity contribution in [1.29, 1.82) is 0 Å². The Morgan fingerprint density at radius 1 is 1.14 bits per heavy atom. The Morgan fingerprint density at radius 2 is 1.90 bits per heavy atom. The molecule has 0 amide bonds. The first-order valence-electron chi connectivity index (χ1n) is 8.09. The third-order valence-electron chi connectivity index (χ3n) is 4.34. The Hall–Kier alpha value is -1.10. The minimum Gasteiger partial charge on any atom is -0.351 e. The van der Waals surface area contributed by atoms with Crippen molar-refractivity contribution in [3.63, 3.8) is 0 Å². The van der Waals surface area contributed by atoms with Crippen LogP contribution in [0.15, 0.2) is 0 Å². The van der Waals surface area contributed by atoms with E-state index in [1.807, 2.05) is 0 Å². The molecule has 118 valence electrons. The fraction of sp³-hybridized carbons (Fsp3) is 0.800. The maximum atomic E-state index is 6.05. The van der Waals surface area contributed by atoms with Crippen LogP contribution in [-0.2, 0) is 0 Å². The van der Waals surface area contributed by atoms with Gasteiger partial charge in [-0.15, -0.1) is 0 Å². The molecular weight excluding hydrogens is 286 g/mol. The van der Waals surface area contributed by atoms with Crippen LogP contribution in [0.3, 0.4) is 0 Å². The minimum absolute atomic E-state index is 0.261. The molecule has 2 rings (SSSR count). The van der Waals surface area contributed by atoms with Gasteiger partial charge in [-0.3, -0.25) is 0 Å². The molecule has 1 aliphatic carbocycles. The molecule has 0 aliphatic heterocycles. The van der Waals surface area contributed by atoms with Crippen molar-refractivity contribution in [1.82, 2.24) is 15.0 Å². The van der Waals surface area contributed by atoms with Crippen LogP contribution in [0.2, 0.25) is 5.28 Å². The molecular formula is C15H26ClN5. The molecule has 2 atom stereocenters. The average molecular weight is 312 g/mol. The maximum Gasteiger partial charge on any atom is 0.231 e. The summed E-state index contributed by atoms with van der Waals surface area (Å²) in [6.07, 6.45) is 6.25. The fourth-order valence-corrected chi connectivity index (χ4v) is 3.18. The van der Waals surface area contributed by atoms with Crippen LogP contribution in [0.1, 0.15) is 52.9 Å². The van der Waals surface area contributed by atoms with Gasteiger partial charge < -0.3 is 10.2 Å². The topological polar surface area (TPSA) is 53.9 Å². The molecule has 1 saturated carbocycles. The van der Waals surface area contributed by atoms with Crippen LogP contribution >= 0.6 is 11.6 Å². The number of aromatic nitrogens is 3. The van der Waals surface area contributed by atoms with Gasteiger partial charge in [0.15, 0.2) is 0 Å². The summed E-state index contributed by atoms with van der Waals surface area (Å²) in [5.41, 5.74) is 0. The van der Waals surface area contributed by atoms with Crippen molar-refractivity contribution in [3.8, 4) is 0 Å². The summed E-state index contributed by atoms with van der Waals surface area (Å²) in [6.45, 7) is 8.16. The lowest BCUT2D eigenvalue weighted by atomic mass is 9.84. The van der Waals surface area contributed by atoms with Crippen molar-refractivity contribution in [2.45, 2.75) is 58.9 Å². The summed E-state index contributed by atoms with van der Waals surface area (Å²) in [7, 11) is 0. The van der Waals surface area contributed by atoms with Crippen LogP contribution in [-0.4, -0.2) is 34.1 Å². The molecule has 0 spiro atoms. The molecule has 1 heterocycles. The van der Waals surface area contributed by atoms with E-state index in [1.54, 1.807) is 0 Å². The predicted molar refractivity (Wildman–Crippen MR) is 88.1 cm³/mol. The van der Waals surface area contributed by atoms with Crippen molar-refractivity contribution < 1.29 is 0 Å². The Bertz CT molecular complexity index is 450. The first kappa shape index (κ1) is 16.3. The Kier molecular flexibility index (Phi) is 6.03. The number of nitrogens with zero attached hydrogens (tertiary/aromatic N) is 4. The van der Waals surface area contributed by atoms with E-state index < -0.39 is 0 Å². The second-order valence-corrected chi connectivity index (χ2v) is 6.02. The first-order chi connectivity index (χ1) is 10.2. The van der Waals surface area contributed by atoms with Crippen LogP contribution in [0.5, 0.6) is 0 Å². The first-order valence-corrected chi connectivity index (χ1v) is 8.47. The van der Waals surface area contributed by atoms with Crippen LogP contribution in [0, 0.1) is 5.92 Å². The number of hydrogen-bond acceptors (Lipinski definition) is 5. The van der Waals surface area contributed by atoms with Gasteiger partial charge in [-0.2, -0.15) is 15.0 Å². The zero-order valence-electron chi connectivity index (χ0n) is 13.3. The zero-order valence-corrected chi connectivity index (χ0v) is 14.0. The second kappa shape index (κ2) is 7.78. The molecule has 1 aromatic heterocycles. The highest BCUT2D eigenvalue weighted by molar-refractivity contribution is 6.28. The fourth-order valence-electron chi connectivity index (χ4n) is 3.03. The van der Waals surface area contributed by atoms with Gasteiger partial charge in [-0.25, -0.2) is 0 Å². The number of hydrogen-bond donors (Lipinski definition) is 1. The number of anilines is 2.